The molecule has 0 heterocycles. The van der Waals surface area contributed by atoms with Crippen molar-refractivity contribution >= 4 is 24.7 Å². The van der Waals surface area contributed by atoms with Gasteiger partial charge in [0.25, 0.3) is 8.32 Å². The Morgan fingerprint density at radius 2 is 0.951 bits per heavy atom. The van der Waals surface area contributed by atoms with Crippen LogP contribution in [0, 0.1) is 0 Å². The molecule has 0 spiro atoms. The van der Waals surface area contributed by atoms with E-state index >= 15 is 0 Å². The number of esters is 1. The van der Waals surface area contributed by atoms with Crippen molar-refractivity contribution in [3.8, 4) is 0 Å². The third-order valence-electron chi connectivity index (χ3n) is 6.40. The molecule has 0 saturated carbocycles. The van der Waals surface area contributed by atoms with E-state index in [0.29, 0.717) is 79.1 Å². The summed E-state index contributed by atoms with van der Waals surface area (Å²) in [5.41, 5.74) is 0. The van der Waals surface area contributed by atoms with Crippen LogP contribution in [0.4, 0.5) is 0 Å². The first-order valence-electron chi connectivity index (χ1n) is 14.7. The molecule has 0 aliphatic heterocycles. The molecule has 8 nitrogen and oxygen atoms in total. The third-order valence-corrected chi connectivity index (χ3v) is 11.4. The maximum absolute atomic E-state index is 11.2. The molecule has 0 bridgehead atoms. The van der Waals surface area contributed by atoms with Crippen LogP contribution in [0.25, 0.3) is 0 Å². The Morgan fingerprint density at radius 1 is 0.585 bits per heavy atom. The molecule has 0 N–H and O–H groups in total. The molecule has 0 amide bonds. The van der Waals surface area contributed by atoms with E-state index in [1.807, 2.05) is 6.92 Å². The number of ether oxygens (including phenoxy) is 6. The molecule has 0 aliphatic rings. The van der Waals surface area contributed by atoms with Gasteiger partial charge in [-0.1, -0.05) is 88.4 Å². The van der Waals surface area contributed by atoms with Crippen molar-refractivity contribution < 1.29 is 37.6 Å². The topological polar surface area (TPSA) is 81.7 Å². The summed E-state index contributed by atoms with van der Waals surface area (Å²) in [6, 6.07) is 21.2. The van der Waals surface area contributed by atoms with Gasteiger partial charge in [0.1, 0.15) is 6.61 Å². The van der Waals surface area contributed by atoms with E-state index in [0.717, 1.165) is 6.42 Å². The molecular weight excluding hydrogens is 540 g/mol. The normalized spacial score (nSPS) is 12.0. The summed E-state index contributed by atoms with van der Waals surface area (Å²) in [4.78, 5) is 11.2. The van der Waals surface area contributed by atoms with Crippen LogP contribution in [0.3, 0.4) is 0 Å². The molecule has 2 aromatic carbocycles. The van der Waals surface area contributed by atoms with Crippen molar-refractivity contribution in [1.29, 1.82) is 0 Å². The predicted molar refractivity (Wildman–Crippen MR) is 164 cm³/mol. The highest BCUT2D eigenvalue weighted by molar-refractivity contribution is 6.99. The molecule has 0 aliphatic carbocycles. The largest absolute Gasteiger partial charge is 0.463 e. The lowest BCUT2D eigenvalue weighted by molar-refractivity contribution is -0.145. The van der Waals surface area contributed by atoms with Crippen molar-refractivity contribution in [2.24, 2.45) is 0 Å². The molecular formula is C32H50O8Si. The molecule has 41 heavy (non-hydrogen) atoms. The fraction of sp³-hybridized carbons (Fsp3) is 0.594. The standard InChI is InChI=1S/C32H50O8Si/c1-5-12-31(33)39-27-25-37-23-21-35-19-17-34-18-20-36-22-24-38-26-28-40-41(32(2,3)4,29-13-8-6-9-14-29)30-15-10-7-11-16-30/h6-11,13-16H,5,12,17-28H2,1-4H3. The van der Waals surface area contributed by atoms with Crippen LogP contribution >= 0.6 is 0 Å². The average Bonchev–Trinajstić information content (AvgIpc) is 2.96. The summed E-state index contributed by atoms with van der Waals surface area (Å²) in [6.45, 7) is 14.4. The van der Waals surface area contributed by atoms with Crippen LogP contribution in [0.1, 0.15) is 40.5 Å². The Balaban J connectivity index is 1.52. The Hall–Kier alpha value is -2.11. The van der Waals surface area contributed by atoms with Gasteiger partial charge in [-0.3, -0.25) is 4.79 Å². The van der Waals surface area contributed by atoms with Gasteiger partial charge in [0, 0.05) is 6.42 Å². The minimum absolute atomic E-state index is 0.0523. The van der Waals surface area contributed by atoms with Crippen LogP contribution < -0.4 is 10.4 Å². The van der Waals surface area contributed by atoms with Gasteiger partial charge in [-0.2, -0.15) is 0 Å². The molecule has 230 valence electrons. The summed E-state index contributed by atoms with van der Waals surface area (Å²) in [5.74, 6) is -0.183. The second-order valence-electron chi connectivity index (χ2n) is 10.5. The summed E-state index contributed by atoms with van der Waals surface area (Å²) in [5, 5.41) is 2.48. The van der Waals surface area contributed by atoms with Gasteiger partial charge in [-0.05, 0) is 21.8 Å². The van der Waals surface area contributed by atoms with E-state index in [4.69, 9.17) is 32.8 Å². The first kappa shape index (κ1) is 35.1. The number of hydrogen-bond donors (Lipinski definition) is 0. The molecule has 2 aromatic rings. The minimum Gasteiger partial charge on any atom is -0.463 e. The molecule has 2 rings (SSSR count). The van der Waals surface area contributed by atoms with Crippen molar-refractivity contribution in [3.05, 3.63) is 60.7 Å². The zero-order valence-electron chi connectivity index (χ0n) is 25.4. The fourth-order valence-corrected chi connectivity index (χ4v) is 9.03. The molecule has 0 aromatic heterocycles. The van der Waals surface area contributed by atoms with Crippen LogP contribution in [0.15, 0.2) is 60.7 Å². The Kier molecular flexibility index (Phi) is 17.7. The molecule has 0 saturated heterocycles. The minimum atomic E-state index is -2.53. The van der Waals surface area contributed by atoms with Crippen LogP contribution in [0.2, 0.25) is 5.04 Å². The van der Waals surface area contributed by atoms with Gasteiger partial charge in [0.05, 0.1) is 72.7 Å². The van der Waals surface area contributed by atoms with Crippen molar-refractivity contribution in [2.75, 3.05) is 79.3 Å². The van der Waals surface area contributed by atoms with Gasteiger partial charge >= 0.3 is 5.97 Å². The third kappa shape index (κ3) is 13.2. The Bertz CT molecular complexity index is 881. The van der Waals surface area contributed by atoms with Crippen LogP contribution in [-0.2, 0) is 37.6 Å². The van der Waals surface area contributed by atoms with E-state index in [1.54, 1.807) is 0 Å². The van der Waals surface area contributed by atoms with Gasteiger partial charge in [-0.25, -0.2) is 0 Å². The molecule has 0 atom stereocenters. The van der Waals surface area contributed by atoms with Gasteiger partial charge in [0.2, 0.25) is 0 Å². The van der Waals surface area contributed by atoms with E-state index in [-0.39, 0.29) is 17.6 Å². The van der Waals surface area contributed by atoms with Crippen molar-refractivity contribution in [3.63, 3.8) is 0 Å². The van der Waals surface area contributed by atoms with Crippen molar-refractivity contribution in [2.45, 2.75) is 45.6 Å². The quantitative estimate of drug-likeness (QED) is 0.109. The number of carbonyl (C=O) groups excluding carboxylic acids is 1. The molecule has 0 radical (unpaired) electrons. The second kappa shape index (κ2) is 20.7. The highest BCUT2D eigenvalue weighted by Gasteiger charge is 2.49. The van der Waals surface area contributed by atoms with Gasteiger partial charge in [-0.15, -0.1) is 0 Å². The fourth-order valence-electron chi connectivity index (χ4n) is 4.49. The first-order chi connectivity index (χ1) is 19.9. The van der Waals surface area contributed by atoms with Gasteiger partial charge < -0.3 is 32.8 Å². The number of carbonyl (C=O) groups is 1. The van der Waals surface area contributed by atoms with E-state index < -0.39 is 8.32 Å². The number of benzene rings is 2. The summed E-state index contributed by atoms with van der Waals surface area (Å²) < 4.78 is 39.6. The zero-order valence-corrected chi connectivity index (χ0v) is 26.4. The van der Waals surface area contributed by atoms with Gasteiger partial charge in [0.15, 0.2) is 0 Å². The zero-order chi connectivity index (χ0) is 29.7. The SMILES string of the molecule is CCCC(=O)OCCOCCOCCOCCOCCOCCO[Si](c1ccccc1)(c1ccccc1)C(C)(C)C. The molecule has 0 fully saturated rings. The van der Waals surface area contributed by atoms with E-state index in [2.05, 4.69) is 81.4 Å². The Labute approximate surface area is 247 Å². The van der Waals surface area contributed by atoms with Crippen LogP contribution in [-0.4, -0.2) is 93.6 Å². The first-order valence-corrected chi connectivity index (χ1v) is 16.6. The molecule has 9 heteroatoms. The highest BCUT2D eigenvalue weighted by atomic mass is 28.4. The molecule has 0 unspecified atom stereocenters. The lowest BCUT2D eigenvalue weighted by Gasteiger charge is -2.43. The predicted octanol–water partition coefficient (Wildman–Crippen LogP) is 3.99. The summed E-state index contributed by atoms with van der Waals surface area (Å²) in [6.07, 6.45) is 1.24. The Morgan fingerprint density at radius 3 is 1.32 bits per heavy atom. The highest BCUT2D eigenvalue weighted by Crippen LogP contribution is 2.36. The maximum Gasteiger partial charge on any atom is 0.305 e. The summed E-state index contributed by atoms with van der Waals surface area (Å²) >= 11 is 0. The van der Waals surface area contributed by atoms with Crippen molar-refractivity contribution in [1.82, 2.24) is 0 Å². The van der Waals surface area contributed by atoms with E-state index in [1.165, 1.54) is 10.4 Å². The average molecular weight is 591 g/mol. The monoisotopic (exact) mass is 590 g/mol. The smallest absolute Gasteiger partial charge is 0.305 e. The lowest BCUT2D eigenvalue weighted by Crippen LogP contribution is -2.66. The maximum atomic E-state index is 11.2. The van der Waals surface area contributed by atoms with Crippen LogP contribution in [0.5, 0.6) is 0 Å². The van der Waals surface area contributed by atoms with E-state index in [9.17, 15) is 4.79 Å². The second-order valence-corrected chi connectivity index (χ2v) is 14.8. The lowest BCUT2D eigenvalue weighted by atomic mass is 10.2. The summed E-state index contributed by atoms with van der Waals surface area (Å²) in [7, 11) is -2.53. The number of rotatable bonds is 23. The number of hydrogen-bond acceptors (Lipinski definition) is 8.